The van der Waals surface area contributed by atoms with E-state index in [1.807, 2.05) is 48.5 Å². The van der Waals surface area contributed by atoms with E-state index in [-0.39, 0.29) is 6.42 Å². The number of allylic oxidation sites excluding steroid dienone is 1. The van der Waals surface area contributed by atoms with E-state index in [4.69, 9.17) is 19.4 Å². The first-order valence-electron chi connectivity index (χ1n) is 8.39. The van der Waals surface area contributed by atoms with Gasteiger partial charge in [-0.1, -0.05) is 29.4 Å². The Balaban J connectivity index is 2.61. The van der Waals surface area contributed by atoms with Gasteiger partial charge in [-0.2, -0.15) is 0 Å². The maximum atomic E-state index is 11.1. The zero-order valence-electron chi connectivity index (χ0n) is 15.6. The van der Waals surface area contributed by atoms with Crippen LogP contribution in [0.3, 0.4) is 0 Å². The maximum absolute atomic E-state index is 11.1. The number of hydrogen-bond donors (Lipinski definition) is 1. The summed E-state index contributed by atoms with van der Waals surface area (Å²) in [5.41, 5.74) is 3.48. The predicted molar refractivity (Wildman–Crippen MR) is 104 cm³/mol. The molecule has 6 nitrogen and oxygen atoms in total. The van der Waals surface area contributed by atoms with Crippen molar-refractivity contribution in [2.24, 2.45) is 5.16 Å². The molecule has 0 aliphatic rings. The number of rotatable bonds is 9. The van der Waals surface area contributed by atoms with Gasteiger partial charge in [-0.3, -0.25) is 4.79 Å². The fourth-order valence-electron chi connectivity index (χ4n) is 2.66. The van der Waals surface area contributed by atoms with Crippen LogP contribution in [0.5, 0.6) is 11.5 Å². The van der Waals surface area contributed by atoms with Gasteiger partial charge in [0.2, 0.25) is 0 Å². The molecule has 2 rings (SSSR count). The standard InChI is InChI=1S/C21H23NO5/c1-25-18-9-4-15(5-10-18)21(16-6-11-19(26-2)12-7-16)17(14-22-27-3)8-13-20(23)24/h4-7,9-12,14H,8,13H2,1-3H3,(H,23,24)/b22-14+. The van der Waals surface area contributed by atoms with Crippen LogP contribution in [-0.2, 0) is 9.63 Å². The Bertz CT molecular complexity index is 758. The molecule has 0 fully saturated rings. The number of oxime groups is 1. The highest BCUT2D eigenvalue weighted by atomic mass is 16.6. The molecular weight excluding hydrogens is 346 g/mol. The van der Waals surface area contributed by atoms with E-state index in [9.17, 15) is 4.79 Å². The van der Waals surface area contributed by atoms with Gasteiger partial charge in [0.05, 0.1) is 20.4 Å². The van der Waals surface area contributed by atoms with Crippen LogP contribution < -0.4 is 9.47 Å². The smallest absolute Gasteiger partial charge is 0.303 e. The van der Waals surface area contributed by atoms with Gasteiger partial charge in [-0.05, 0) is 53.0 Å². The molecule has 27 heavy (non-hydrogen) atoms. The van der Waals surface area contributed by atoms with E-state index < -0.39 is 5.97 Å². The average molecular weight is 369 g/mol. The lowest BCUT2D eigenvalue weighted by atomic mass is 9.91. The van der Waals surface area contributed by atoms with Crippen molar-refractivity contribution >= 4 is 17.8 Å². The van der Waals surface area contributed by atoms with Gasteiger partial charge in [-0.25, -0.2) is 0 Å². The molecule has 0 spiro atoms. The molecule has 0 aliphatic heterocycles. The third-order valence-corrected chi connectivity index (χ3v) is 4.00. The summed E-state index contributed by atoms with van der Waals surface area (Å²) in [7, 11) is 4.67. The number of aliphatic carboxylic acids is 1. The van der Waals surface area contributed by atoms with E-state index in [0.29, 0.717) is 6.42 Å². The molecule has 0 saturated heterocycles. The first kappa shape index (κ1) is 20.0. The summed E-state index contributed by atoms with van der Waals surface area (Å²) in [5.74, 6) is 0.609. The fraction of sp³-hybridized carbons (Fsp3) is 0.238. The monoisotopic (exact) mass is 369 g/mol. The normalized spacial score (nSPS) is 10.5. The van der Waals surface area contributed by atoms with Gasteiger partial charge in [0.25, 0.3) is 0 Å². The molecule has 0 aliphatic carbocycles. The van der Waals surface area contributed by atoms with Gasteiger partial charge in [0, 0.05) is 6.42 Å². The SMILES string of the molecule is CO/N=C/C(CCC(=O)O)=C(c1ccc(OC)cc1)c1ccc(OC)cc1. The van der Waals surface area contributed by atoms with Crippen molar-refractivity contribution < 1.29 is 24.2 Å². The zero-order valence-corrected chi connectivity index (χ0v) is 15.6. The summed E-state index contributed by atoms with van der Waals surface area (Å²) < 4.78 is 10.5. The number of methoxy groups -OCH3 is 2. The molecule has 0 saturated carbocycles. The minimum absolute atomic E-state index is 0.0130. The summed E-state index contributed by atoms with van der Waals surface area (Å²) in [5, 5.41) is 13.0. The summed E-state index contributed by atoms with van der Waals surface area (Å²) >= 11 is 0. The molecule has 0 bridgehead atoms. The lowest BCUT2D eigenvalue weighted by Gasteiger charge is -2.14. The van der Waals surface area contributed by atoms with Crippen molar-refractivity contribution in [3.8, 4) is 11.5 Å². The van der Waals surface area contributed by atoms with Gasteiger partial charge >= 0.3 is 5.97 Å². The van der Waals surface area contributed by atoms with Crippen LogP contribution >= 0.6 is 0 Å². The van der Waals surface area contributed by atoms with Crippen molar-refractivity contribution in [2.45, 2.75) is 12.8 Å². The third kappa shape index (κ3) is 5.60. The van der Waals surface area contributed by atoms with Gasteiger partial charge in [0.1, 0.15) is 18.6 Å². The second-order valence-corrected chi connectivity index (χ2v) is 5.67. The minimum Gasteiger partial charge on any atom is -0.497 e. The first-order valence-corrected chi connectivity index (χ1v) is 8.39. The average Bonchev–Trinajstić information content (AvgIpc) is 2.70. The molecule has 142 valence electrons. The van der Waals surface area contributed by atoms with E-state index in [2.05, 4.69) is 5.16 Å². The van der Waals surface area contributed by atoms with Crippen LogP contribution in [0.15, 0.2) is 59.3 Å². The van der Waals surface area contributed by atoms with Crippen molar-refractivity contribution in [1.29, 1.82) is 0 Å². The highest BCUT2D eigenvalue weighted by Gasteiger charge is 2.13. The second-order valence-electron chi connectivity index (χ2n) is 5.67. The molecule has 0 radical (unpaired) electrons. The van der Waals surface area contributed by atoms with Crippen molar-refractivity contribution in [2.75, 3.05) is 21.3 Å². The Morgan fingerprint density at radius 3 is 1.74 bits per heavy atom. The summed E-state index contributed by atoms with van der Waals surface area (Å²) in [6.45, 7) is 0. The molecule has 0 unspecified atom stereocenters. The minimum atomic E-state index is -0.873. The quantitative estimate of drug-likeness (QED) is 0.534. The highest BCUT2D eigenvalue weighted by molar-refractivity contribution is 5.97. The number of carbonyl (C=O) groups is 1. The Morgan fingerprint density at radius 1 is 0.889 bits per heavy atom. The molecule has 2 aromatic carbocycles. The third-order valence-electron chi connectivity index (χ3n) is 4.00. The Morgan fingerprint density at radius 2 is 1.37 bits per heavy atom. The van der Waals surface area contributed by atoms with Crippen LogP contribution in [0.25, 0.3) is 5.57 Å². The number of benzene rings is 2. The predicted octanol–water partition coefficient (Wildman–Crippen LogP) is 4.00. The summed E-state index contributed by atoms with van der Waals surface area (Å²) in [6.07, 6.45) is 1.86. The van der Waals surface area contributed by atoms with E-state index in [1.54, 1.807) is 20.4 Å². The van der Waals surface area contributed by atoms with E-state index in [1.165, 1.54) is 7.11 Å². The van der Waals surface area contributed by atoms with Gasteiger partial charge in [-0.15, -0.1) is 0 Å². The Labute approximate surface area is 158 Å². The molecule has 0 amide bonds. The molecule has 6 heteroatoms. The Hall–Kier alpha value is -3.28. The van der Waals surface area contributed by atoms with Crippen molar-refractivity contribution in [3.05, 3.63) is 65.2 Å². The highest BCUT2D eigenvalue weighted by Crippen LogP contribution is 2.31. The molecule has 0 atom stereocenters. The van der Waals surface area contributed by atoms with E-state index in [0.717, 1.165) is 33.8 Å². The number of carboxylic acids is 1. The molecule has 0 heterocycles. The lowest BCUT2D eigenvalue weighted by Crippen LogP contribution is -2.01. The topological polar surface area (TPSA) is 77.4 Å². The van der Waals surface area contributed by atoms with Crippen molar-refractivity contribution in [1.82, 2.24) is 0 Å². The van der Waals surface area contributed by atoms with Crippen LogP contribution in [-0.4, -0.2) is 38.6 Å². The lowest BCUT2D eigenvalue weighted by molar-refractivity contribution is -0.136. The second kappa shape index (κ2) is 10.0. The van der Waals surface area contributed by atoms with E-state index >= 15 is 0 Å². The van der Waals surface area contributed by atoms with Gasteiger partial charge < -0.3 is 19.4 Å². The van der Waals surface area contributed by atoms with Crippen molar-refractivity contribution in [3.63, 3.8) is 0 Å². The number of hydrogen-bond acceptors (Lipinski definition) is 5. The Kier molecular flexibility index (Phi) is 7.43. The zero-order chi connectivity index (χ0) is 19.6. The molecule has 0 aromatic heterocycles. The van der Waals surface area contributed by atoms with Gasteiger partial charge in [0.15, 0.2) is 0 Å². The summed E-state index contributed by atoms with van der Waals surface area (Å²) in [4.78, 5) is 15.9. The largest absolute Gasteiger partial charge is 0.497 e. The maximum Gasteiger partial charge on any atom is 0.303 e. The van der Waals surface area contributed by atoms with Crippen LogP contribution in [0, 0.1) is 0 Å². The fourth-order valence-corrected chi connectivity index (χ4v) is 2.66. The number of nitrogens with zero attached hydrogens (tertiary/aromatic N) is 1. The number of carboxylic acid groups (broad SMARTS) is 1. The van der Waals surface area contributed by atoms with Crippen LogP contribution in [0.2, 0.25) is 0 Å². The number of ether oxygens (including phenoxy) is 2. The summed E-state index contributed by atoms with van der Waals surface area (Å²) in [6, 6.07) is 15.2. The molecule has 2 aromatic rings. The molecular formula is C21H23NO5. The first-order chi connectivity index (χ1) is 13.1. The van der Waals surface area contributed by atoms with Crippen LogP contribution in [0.1, 0.15) is 24.0 Å². The molecule has 1 N–H and O–H groups in total. The van der Waals surface area contributed by atoms with Crippen LogP contribution in [0.4, 0.5) is 0 Å².